The van der Waals surface area contributed by atoms with Crippen molar-refractivity contribution in [2.75, 3.05) is 6.54 Å². The third-order valence-electron chi connectivity index (χ3n) is 6.46. The maximum Gasteiger partial charge on any atom is 0.343 e. The van der Waals surface area contributed by atoms with Crippen molar-refractivity contribution in [1.82, 2.24) is 25.3 Å². The second kappa shape index (κ2) is 11.1. The van der Waals surface area contributed by atoms with Crippen LogP contribution in [0.5, 0.6) is 23.0 Å². The number of hydrogen-bond acceptors (Lipinski definition) is 13. The van der Waals surface area contributed by atoms with Gasteiger partial charge in [-0.3, -0.25) is 19.2 Å². The molecule has 1 amide bonds. The predicted octanol–water partition coefficient (Wildman–Crippen LogP) is 0.582. The van der Waals surface area contributed by atoms with E-state index < -0.39 is 75.8 Å². The molecule has 44 heavy (non-hydrogen) atoms. The van der Waals surface area contributed by atoms with E-state index in [0.29, 0.717) is 0 Å². The Labute approximate surface area is 243 Å². The predicted molar refractivity (Wildman–Crippen MR) is 147 cm³/mol. The standard InChI is InChI=1S/C27H21N5O12/c1-10-21(24(39)12-2-15(33)16(34)3-14(12)29-10)13-9-43-18-4-17(35)26(41)23(22(18)25(13)40)27(42)44-8-11-6-32(31-30-11)7-19(36)28-5-20(37)38/h2-4,6,9,33-35,41H,5,7-8H2,1H3,(H,28,36)(H,29,39)(H,37,38). The molecule has 17 heteroatoms. The Morgan fingerprint density at radius 1 is 1.05 bits per heavy atom. The third-order valence-corrected chi connectivity index (χ3v) is 6.46. The number of aromatic amines is 1. The van der Waals surface area contributed by atoms with Gasteiger partial charge in [0.1, 0.15) is 42.8 Å². The van der Waals surface area contributed by atoms with E-state index in [9.17, 15) is 44.4 Å². The molecule has 0 unspecified atom stereocenters. The number of phenolic OH excluding ortho intramolecular Hbond substituents is 4. The number of aromatic nitrogens is 4. The molecule has 0 saturated carbocycles. The number of ether oxygens (including phenoxy) is 1. The first-order valence-electron chi connectivity index (χ1n) is 12.5. The van der Waals surface area contributed by atoms with Crippen LogP contribution in [0.1, 0.15) is 21.7 Å². The molecule has 2 aromatic carbocycles. The highest BCUT2D eigenvalue weighted by Gasteiger charge is 2.27. The lowest BCUT2D eigenvalue weighted by Crippen LogP contribution is -2.32. The lowest BCUT2D eigenvalue weighted by atomic mass is 9.99. The van der Waals surface area contributed by atoms with Crippen LogP contribution in [0, 0.1) is 6.92 Å². The summed E-state index contributed by atoms with van der Waals surface area (Å²) in [5.41, 5.74) is -2.89. The minimum absolute atomic E-state index is 0.0358. The number of fused-ring (bicyclic) bond motifs is 2. The van der Waals surface area contributed by atoms with E-state index in [2.05, 4.69) is 20.6 Å². The number of benzene rings is 2. The highest BCUT2D eigenvalue weighted by molar-refractivity contribution is 6.07. The Morgan fingerprint density at radius 3 is 2.50 bits per heavy atom. The minimum atomic E-state index is -1.29. The number of pyridine rings is 1. The lowest BCUT2D eigenvalue weighted by Gasteiger charge is -2.12. The maximum atomic E-state index is 13.8. The minimum Gasteiger partial charge on any atom is -0.504 e. The second-order valence-corrected chi connectivity index (χ2v) is 9.47. The average Bonchev–Trinajstić information content (AvgIpc) is 3.41. The summed E-state index contributed by atoms with van der Waals surface area (Å²) in [6.07, 6.45) is 2.16. The highest BCUT2D eigenvalue weighted by Crippen LogP contribution is 2.36. The molecule has 0 bridgehead atoms. The number of carbonyl (C=O) groups is 3. The summed E-state index contributed by atoms with van der Waals surface area (Å²) in [4.78, 5) is 65.5. The monoisotopic (exact) mass is 607 g/mol. The van der Waals surface area contributed by atoms with E-state index in [1.165, 1.54) is 13.1 Å². The van der Waals surface area contributed by atoms with Gasteiger partial charge in [-0.25, -0.2) is 9.48 Å². The summed E-state index contributed by atoms with van der Waals surface area (Å²) in [5.74, 6) is -6.07. The summed E-state index contributed by atoms with van der Waals surface area (Å²) in [7, 11) is 0. The number of H-pyrrole nitrogens is 1. The molecule has 226 valence electrons. The quantitative estimate of drug-likeness (QED) is 0.0940. The molecule has 0 radical (unpaired) electrons. The van der Waals surface area contributed by atoms with Crippen LogP contribution in [0.3, 0.4) is 0 Å². The first kappa shape index (κ1) is 29.1. The fourth-order valence-corrected chi connectivity index (χ4v) is 4.47. The Balaban J connectivity index is 1.51. The number of hydrogen-bond donors (Lipinski definition) is 7. The molecule has 17 nitrogen and oxygen atoms in total. The van der Waals surface area contributed by atoms with Gasteiger partial charge < -0.3 is 45.0 Å². The molecular weight excluding hydrogens is 586 g/mol. The van der Waals surface area contributed by atoms with E-state index in [0.717, 1.165) is 29.1 Å². The Kier molecular flexibility index (Phi) is 7.36. The molecular formula is C27H21N5O12. The Bertz CT molecular complexity index is 2130. The Hall–Kier alpha value is -6.39. The number of rotatable bonds is 8. The number of aliphatic carboxylic acids is 1. The van der Waals surface area contributed by atoms with Crippen LogP contribution >= 0.6 is 0 Å². The summed E-state index contributed by atoms with van der Waals surface area (Å²) < 4.78 is 11.7. The molecule has 0 aliphatic heterocycles. The van der Waals surface area contributed by atoms with Crippen molar-refractivity contribution in [2.45, 2.75) is 20.1 Å². The van der Waals surface area contributed by atoms with E-state index in [1.54, 1.807) is 0 Å². The first-order valence-corrected chi connectivity index (χ1v) is 12.5. The highest BCUT2D eigenvalue weighted by atomic mass is 16.5. The smallest absolute Gasteiger partial charge is 0.343 e. The number of carboxylic acids is 1. The van der Waals surface area contributed by atoms with Crippen molar-refractivity contribution >= 4 is 39.7 Å². The maximum absolute atomic E-state index is 13.8. The molecule has 0 fully saturated rings. The number of carboxylic acid groups (broad SMARTS) is 1. The zero-order valence-electron chi connectivity index (χ0n) is 22.4. The van der Waals surface area contributed by atoms with Gasteiger partial charge in [-0.05, 0) is 13.0 Å². The van der Waals surface area contributed by atoms with Gasteiger partial charge in [0.25, 0.3) is 0 Å². The van der Waals surface area contributed by atoms with E-state index >= 15 is 0 Å². The van der Waals surface area contributed by atoms with Crippen molar-refractivity contribution in [3.63, 3.8) is 0 Å². The van der Waals surface area contributed by atoms with Crippen molar-refractivity contribution in [3.05, 3.63) is 68.1 Å². The molecule has 5 aromatic rings. The van der Waals surface area contributed by atoms with Crippen LogP contribution in [-0.4, -0.2) is 69.9 Å². The van der Waals surface area contributed by atoms with E-state index in [1.807, 2.05) is 0 Å². The number of esters is 1. The fraction of sp³-hybridized carbons (Fsp3) is 0.148. The van der Waals surface area contributed by atoms with Crippen molar-refractivity contribution in [1.29, 1.82) is 0 Å². The van der Waals surface area contributed by atoms with Crippen molar-refractivity contribution in [3.8, 4) is 34.1 Å². The molecule has 7 N–H and O–H groups in total. The van der Waals surface area contributed by atoms with Gasteiger partial charge in [-0.1, -0.05) is 5.21 Å². The molecule has 5 rings (SSSR count). The van der Waals surface area contributed by atoms with Crippen LogP contribution < -0.4 is 16.2 Å². The number of carbonyl (C=O) groups excluding carboxylic acids is 2. The van der Waals surface area contributed by atoms with Gasteiger partial charge >= 0.3 is 11.9 Å². The van der Waals surface area contributed by atoms with E-state index in [-0.39, 0.29) is 45.5 Å². The number of aromatic hydroxyl groups is 4. The van der Waals surface area contributed by atoms with Gasteiger partial charge in [0.15, 0.2) is 28.4 Å². The van der Waals surface area contributed by atoms with Gasteiger partial charge in [0.05, 0.1) is 33.6 Å². The average molecular weight is 607 g/mol. The van der Waals surface area contributed by atoms with Crippen LogP contribution in [0.25, 0.3) is 33.0 Å². The summed E-state index contributed by atoms with van der Waals surface area (Å²) in [6.45, 7) is -0.0741. The van der Waals surface area contributed by atoms with Crippen LogP contribution in [0.2, 0.25) is 0 Å². The molecule has 3 aromatic heterocycles. The zero-order valence-corrected chi connectivity index (χ0v) is 22.4. The fourth-order valence-electron chi connectivity index (χ4n) is 4.47. The number of nitrogens with zero attached hydrogens (tertiary/aromatic N) is 3. The summed E-state index contributed by atoms with van der Waals surface area (Å²) in [5, 5.41) is 58.1. The molecule has 0 saturated heterocycles. The van der Waals surface area contributed by atoms with Crippen LogP contribution in [0.4, 0.5) is 0 Å². The van der Waals surface area contributed by atoms with Gasteiger partial charge in [-0.2, -0.15) is 0 Å². The van der Waals surface area contributed by atoms with E-state index in [4.69, 9.17) is 14.3 Å². The normalized spacial score (nSPS) is 11.1. The van der Waals surface area contributed by atoms with Gasteiger partial charge in [-0.15, -0.1) is 5.10 Å². The number of phenols is 4. The Morgan fingerprint density at radius 2 is 1.77 bits per heavy atom. The summed E-state index contributed by atoms with van der Waals surface area (Å²) >= 11 is 0. The molecule has 3 heterocycles. The molecule has 0 spiro atoms. The molecule has 0 atom stereocenters. The zero-order chi connectivity index (χ0) is 31.9. The first-order chi connectivity index (χ1) is 20.8. The number of aryl methyl sites for hydroxylation is 1. The SMILES string of the molecule is Cc1[nH]c2cc(O)c(O)cc2c(=O)c1-c1coc2cc(O)c(O)c(C(=O)OCc3cn(CC(=O)NCC(=O)O)nn3)c2c1=O. The molecule has 0 aliphatic rings. The largest absolute Gasteiger partial charge is 0.504 e. The molecule has 0 aliphatic carbocycles. The van der Waals surface area contributed by atoms with Gasteiger partial charge in [0.2, 0.25) is 11.3 Å². The van der Waals surface area contributed by atoms with Crippen LogP contribution in [-0.2, 0) is 27.5 Å². The van der Waals surface area contributed by atoms with Crippen LogP contribution in [0.15, 0.2) is 44.7 Å². The van der Waals surface area contributed by atoms with Gasteiger partial charge in [0, 0.05) is 17.8 Å². The summed E-state index contributed by atoms with van der Waals surface area (Å²) in [6, 6.07) is 3.04. The topological polar surface area (TPSA) is 267 Å². The third kappa shape index (κ3) is 5.31. The van der Waals surface area contributed by atoms with Crippen molar-refractivity contribution < 1.29 is 49.1 Å². The van der Waals surface area contributed by atoms with Crippen molar-refractivity contribution in [2.24, 2.45) is 0 Å². The number of amides is 1. The lowest BCUT2D eigenvalue weighted by molar-refractivity contribution is -0.138. The number of nitrogens with one attached hydrogen (secondary N) is 2. The second-order valence-electron chi connectivity index (χ2n) is 9.47.